The molecule has 0 radical (unpaired) electrons. The van der Waals surface area contributed by atoms with E-state index in [1.165, 1.54) is 64.2 Å². The molecule has 0 rings (SSSR count). The van der Waals surface area contributed by atoms with Crippen molar-refractivity contribution in [1.29, 1.82) is 0 Å². The van der Waals surface area contributed by atoms with E-state index >= 15 is 0 Å². The monoisotopic (exact) mass is 391 g/mol. The maximum atomic E-state index is 11.2. The lowest BCUT2D eigenvalue weighted by Crippen LogP contribution is -2.25. The fourth-order valence-corrected chi connectivity index (χ4v) is 2.40. The number of carbonyl (C=O) groups excluding carboxylic acids is 1. The summed E-state index contributed by atoms with van der Waals surface area (Å²) in [4.78, 5) is 13.5. The van der Waals surface area contributed by atoms with Crippen molar-refractivity contribution < 1.29 is 9.53 Å². The van der Waals surface area contributed by atoms with Crippen LogP contribution in [0.25, 0.3) is 0 Å². The average molecular weight is 392 g/mol. The van der Waals surface area contributed by atoms with Crippen molar-refractivity contribution in [1.82, 2.24) is 4.90 Å². The molecular weight excluding hydrogens is 354 g/mol. The minimum absolute atomic E-state index is 0. The minimum Gasteiger partial charge on any atom is -0.461 e. The molecule has 0 N–H and O–H groups in total. The predicted octanol–water partition coefficient (Wildman–Crippen LogP) is 5.54. The summed E-state index contributed by atoms with van der Waals surface area (Å²) >= 11 is 0. The van der Waals surface area contributed by atoms with Gasteiger partial charge < -0.3 is 9.64 Å². The van der Waals surface area contributed by atoms with E-state index in [2.05, 4.69) is 25.5 Å². The van der Waals surface area contributed by atoms with Gasteiger partial charge in [-0.25, -0.2) is 4.79 Å². The van der Waals surface area contributed by atoms with Crippen molar-refractivity contribution in [2.75, 3.05) is 26.7 Å². The summed E-state index contributed by atoms with van der Waals surface area (Å²) in [7, 11) is 2.09. The molecule has 0 heterocycles. The van der Waals surface area contributed by atoms with Crippen molar-refractivity contribution in [3.8, 4) is 0 Å². The van der Waals surface area contributed by atoms with Gasteiger partial charge in [-0.05, 0) is 26.9 Å². The number of esters is 1. The number of hydrogen-bond acceptors (Lipinski definition) is 3. The van der Waals surface area contributed by atoms with Gasteiger partial charge in [0.15, 0.2) is 0 Å². The second-order valence-corrected chi connectivity index (χ2v) is 6.40. The van der Waals surface area contributed by atoms with Gasteiger partial charge in [0.05, 0.1) is 0 Å². The molecule has 138 valence electrons. The van der Waals surface area contributed by atoms with Gasteiger partial charge >= 0.3 is 5.97 Å². The number of halogens is 1. The van der Waals surface area contributed by atoms with Crippen LogP contribution in [-0.4, -0.2) is 37.6 Å². The fourth-order valence-electron chi connectivity index (χ4n) is 2.40. The van der Waals surface area contributed by atoms with Crippen molar-refractivity contribution in [3.05, 3.63) is 12.2 Å². The molecule has 0 aliphatic heterocycles. The van der Waals surface area contributed by atoms with Gasteiger partial charge in [0, 0.05) is 12.1 Å². The van der Waals surface area contributed by atoms with Gasteiger partial charge in [0.25, 0.3) is 0 Å². The van der Waals surface area contributed by atoms with Crippen molar-refractivity contribution in [3.63, 3.8) is 0 Å². The van der Waals surface area contributed by atoms with Crippen LogP contribution < -0.4 is 0 Å². The summed E-state index contributed by atoms with van der Waals surface area (Å²) in [6, 6.07) is 0. The number of likely N-dealkylation sites (N-methyl/N-ethyl adjacent to an activating group) is 1. The molecule has 0 saturated carbocycles. The van der Waals surface area contributed by atoms with Gasteiger partial charge in [-0.2, -0.15) is 0 Å². The molecule has 0 aromatic carbocycles. The molecule has 0 aliphatic carbocycles. The molecule has 0 saturated heterocycles. The largest absolute Gasteiger partial charge is 0.461 e. The summed E-state index contributed by atoms with van der Waals surface area (Å²) in [5, 5.41) is 0. The van der Waals surface area contributed by atoms with E-state index in [9.17, 15) is 4.79 Å². The zero-order valence-electron chi connectivity index (χ0n) is 15.6. The van der Waals surface area contributed by atoms with E-state index in [-0.39, 0.29) is 23.0 Å². The molecule has 0 aliphatic rings. The zero-order valence-corrected chi connectivity index (χ0v) is 17.3. The van der Waals surface area contributed by atoms with Crippen LogP contribution in [0.3, 0.4) is 0 Å². The van der Waals surface area contributed by atoms with E-state index in [1.807, 2.05) is 0 Å². The molecule has 0 aromatic rings. The molecule has 0 fully saturated rings. The zero-order chi connectivity index (χ0) is 16.6. The van der Waals surface area contributed by atoms with E-state index in [0.717, 1.165) is 13.1 Å². The fraction of sp³-hybridized carbons (Fsp3) is 0.842. The third-order valence-electron chi connectivity index (χ3n) is 3.95. The first-order valence-corrected chi connectivity index (χ1v) is 9.09. The van der Waals surface area contributed by atoms with Crippen LogP contribution in [-0.2, 0) is 9.53 Å². The Morgan fingerprint density at radius 1 is 0.913 bits per heavy atom. The molecule has 0 bridgehead atoms. The van der Waals surface area contributed by atoms with Crippen LogP contribution >= 0.6 is 17.0 Å². The maximum absolute atomic E-state index is 11.2. The Kier molecular flexibility index (Phi) is 19.5. The highest BCUT2D eigenvalue weighted by atomic mass is 79.9. The van der Waals surface area contributed by atoms with Crippen molar-refractivity contribution in [2.45, 2.75) is 78.1 Å². The number of ether oxygens (including phenoxy) is 1. The molecule has 0 amide bonds. The Labute approximate surface area is 154 Å². The average Bonchev–Trinajstić information content (AvgIpc) is 2.49. The van der Waals surface area contributed by atoms with Crippen LogP contribution in [0.5, 0.6) is 0 Å². The van der Waals surface area contributed by atoms with Crippen LogP contribution in [0.1, 0.15) is 78.1 Å². The van der Waals surface area contributed by atoms with Crippen LogP contribution in [0.2, 0.25) is 0 Å². The van der Waals surface area contributed by atoms with Crippen LogP contribution in [0, 0.1) is 0 Å². The first kappa shape index (κ1) is 24.9. The van der Waals surface area contributed by atoms with Crippen molar-refractivity contribution >= 4 is 23.0 Å². The Hall–Kier alpha value is -0.350. The van der Waals surface area contributed by atoms with Gasteiger partial charge in [-0.15, -0.1) is 17.0 Å². The first-order chi connectivity index (χ1) is 10.6. The van der Waals surface area contributed by atoms with Crippen LogP contribution in [0.15, 0.2) is 12.2 Å². The number of carbonyl (C=O) groups is 1. The second-order valence-electron chi connectivity index (χ2n) is 6.40. The third kappa shape index (κ3) is 17.8. The quantitative estimate of drug-likeness (QED) is 0.208. The smallest absolute Gasteiger partial charge is 0.333 e. The highest BCUT2D eigenvalue weighted by Crippen LogP contribution is 2.10. The lowest BCUT2D eigenvalue weighted by atomic mass is 10.1. The van der Waals surface area contributed by atoms with Crippen LogP contribution in [0.4, 0.5) is 0 Å². The molecule has 0 spiro atoms. The lowest BCUT2D eigenvalue weighted by Gasteiger charge is -2.16. The minimum atomic E-state index is -0.285. The van der Waals surface area contributed by atoms with Crippen molar-refractivity contribution in [2.24, 2.45) is 0 Å². The van der Waals surface area contributed by atoms with Gasteiger partial charge in [-0.3, -0.25) is 0 Å². The summed E-state index contributed by atoms with van der Waals surface area (Å²) in [5.41, 5.74) is 0.470. The molecule has 23 heavy (non-hydrogen) atoms. The SMILES string of the molecule is Br.C=C(C)C(=O)OCCN(C)CCCCCCCCCCCC. The normalized spacial score (nSPS) is 10.4. The molecule has 0 unspecified atom stereocenters. The Morgan fingerprint density at radius 3 is 1.87 bits per heavy atom. The van der Waals surface area contributed by atoms with Gasteiger partial charge in [0.1, 0.15) is 6.61 Å². The Bertz CT molecular complexity index is 295. The second kappa shape index (κ2) is 18.0. The predicted molar refractivity (Wildman–Crippen MR) is 105 cm³/mol. The molecule has 0 atom stereocenters. The number of rotatable bonds is 15. The molecule has 4 heteroatoms. The molecule has 3 nitrogen and oxygen atoms in total. The number of hydrogen-bond donors (Lipinski definition) is 0. The van der Waals surface area contributed by atoms with E-state index in [0.29, 0.717) is 12.2 Å². The van der Waals surface area contributed by atoms with E-state index in [4.69, 9.17) is 4.74 Å². The summed E-state index contributed by atoms with van der Waals surface area (Å²) in [6.07, 6.45) is 13.7. The first-order valence-electron chi connectivity index (χ1n) is 9.09. The summed E-state index contributed by atoms with van der Waals surface area (Å²) in [5.74, 6) is -0.285. The standard InChI is InChI=1S/C19H37NO2.BrH/c1-5-6-7-8-9-10-11-12-13-14-15-20(4)16-17-22-19(21)18(2)3;/h2,5-17H2,1,3-4H3;1H. The lowest BCUT2D eigenvalue weighted by molar-refractivity contribution is -0.139. The van der Waals surface area contributed by atoms with E-state index < -0.39 is 0 Å². The van der Waals surface area contributed by atoms with Gasteiger partial charge in [0.2, 0.25) is 0 Å². The highest BCUT2D eigenvalue weighted by Gasteiger charge is 2.04. The van der Waals surface area contributed by atoms with E-state index in [1.54, 1.807) is 6.92 Å². The topological polar surface area (TPSA) is 29.5 Å². The molecule has 0 aromatic heterocycles. The number of nitrogens with zero attached hydrogens (tertiary/aromatic N) is 1. The summed E-state index contributed by atoms with van der Waals surface area (Å²) in [6.45, 7) is 9.86. The Morgan fingerprint density at radius 2 is 1.39 bits per heavy atom. The Balaban J connectivity index is 0. The number of unbranched alkanes of at least 4 members (excludes halogenated alkanes) is 9. The maximum Gasteiger partial charge on any atom is 0.333 e. The third-order valence-corrected chi connectivity index (χ3v) is 3.95. The summed E-state index contributed by atoms with van der Waals surface area (Å²) < 4.78 is 5.09. The molecular formula is C19H38BrNO2. The highest BCUT2D eigenvalue weighted by molar-refractivity contribution is 8.93. The van der Waals surface area contributed by atoms with Gasteiger partial charge in [-0.1, -0.05) is 71.3 Å².